The van der Waals surface area contributed by atoms with Crippen LogP contribution in [0.4, 0.5) is 13.2 Å². The van der Waals surface area contributed by atoms with Crippen molar-refractivity contribution in [3.8, 4) is 16.9 Å². The summed E-state index contributed by atoms with van der Waals surface area (Å²) in [6, 6.07) is 18.0. The summed E-state index contributed by atoms with van der Waals surface area (Å²) in [5.74, 6) is -0.240. The lowest BCUT2D eigenvalue weighted by atomic mass is 10.0. The Morgan fingerprint density at radius 1 is 0.932 bits per heavy atom. The van der Waals surface area contributed by atoms with Crippen LogP contribution in [0.5, 0.6) is 5.75 Å². The van der Waals surface area contributed by atoms with Gasteiger partial charge in [-0.1, -0.05) is 54.4 Å². The van der Waals surface area contributed by atoms with Crippen LogP contribution >= 0.6 is 23.2 Å². The fourth-order valence-electron chi connectivity index (χ4n) is 5.57. The third kappa shape index (κ3) is 8.27. The molecule has 0 saturated carbocycles. The Balaban J connectivity index is 1.31. The van der Waals surface area contributed by atoms with E-state index in [4.69, 9.17) is 23.2 Å². The molecule has 0 atom stereocenters. The number of amides is 1. The number of nitrogens with zero attached hydrogens (tertiary/aromatic N) is 3. The molecular weight excluding hydrogens is 612 g/mol. The lowest BCUT2D eigenvalue weighted by Crippen LogP contribution is -2.45. The van der Waals surface area contributed by atoms with Crippen molar-refractivity contribution in [2.24, 2.45) is 0 Å². The van der Waals surface area contributed by atoms with Gasteiger partial charge in [-0.25, -0.2) is 0 Å². The molecule has 1 N–H and O–H groups in total. The van der Waals surface area contributed by atoms with Gasteiger partial charge in [0, 0.05) is 97.1 Å². The average molecular weight is 648 g/mol. The number of aromatic nitrogens is 1. The normalized spacial score (nSPS) is 14.7. The van der Waals surface area contributed by atoms with E-state index >= 15 is 0 Å². The van der Waals surface area contributed by atoms with E-state index in [1.54, 1.807) is 12.1 Å². The van der Waals surface area contributed by atoms with Gasteiger partial charge < -0.3 is 14.6 Å². The van der Waals surface area contributed by atoms with Crippen molar-refractivity contribution in [3.05, 3.63) is 88.0 Å². The molecule has 1 saturated heterocycles. The Morgan fingerprint density at radius 3 is 2.23 bits per heavy atom. The molecule has 1 amide bonds. The number of rotatable bonds is 11. The molecule has 1 aromatic heterocycles. The summed E-state index contributed by atoms with van der Waals surface area (Å²) in [6.45, 7) is 8.16. The zero-order chi connectivity index (χ0) is 31.3. The maximum Gasteiger partial charge on any atom is 0.573 e. The molecule has 0 bridgehead atoms. The highest BCUT2D eigenvalue weighted by Crippen LogP contribution is 2.34. The largest absolute Gasteiger partial charge is 0.573 e. The van der Waals surface area contributed by atoms with Crippen molar-refractivity contribution in [1.82, 2.24) is 19.7 Å². The van der Waals surface area contributed by atoms with E-state index in [0.717, 1.165) is 72.3 Å². The molecule has 1 aliphatic rings. The smallest absolute Gasteiger partial charge is 0.406 e. The van der Waals surface area contributed by atoms with Gasteiger partial charge in [0.25, 0.3) is 0 Å². The predicted molar refractivity (Wildman–Crippen MR) is 169 cm³/mol. The lowest BCUT2D eigenvalue weighted by Gasteiger charge is -2.35. The number of hydrogen-bond donors (Lipinski definition) is 1. The van der Waals surface area contributed by atoms with Crippen LogP contribution in [0.25, 0.3) is 22.0 Å². The van der Waals surface area contributed by atoms with Crippen LogP contribution in [0.1, 0.15) is 30.9 Å². The summed E-state index contributed by atoms with van der Waals surface area (Å²) in [5.41, 5.74) is 4.87. The van der Waals surface area contributed by atoms with Crippen LogP contribution < -0.4 is 10.1 Å². The van der Waals surface area contributed by atoms with Crippen molar-refractivity contribution in [2.75, 3.05) is 32.7 Å². The van der Waals surface area contributed by atoms with E-state index < -0.39 is 6.36 Å². The van der Waals surface area contributed by atoms with Crippen LogP contribution in [-0.4, -0.2) is 59.4 Å². The Morgan fingerprint density at radius 2 is 1.59 bits per heavy atom. The molecule has 1 aliphatic heterocycles. The first-order chi connectivity index (χ1) is 21.1. The monoisotopic (exact) mass is 646 g/mol. The maximum absolute atomic E-state index is 12.7. The first kappa shape index (κ1) is 32.2. The van der Waals surface area contributed by atoms with Crippen molar-refractivity contribution < 1.29 is 22.7 Å². The number of aryl methyl sites for hydroxylation is 1. The van der Waals surface area contributed by atoms with Gasteiger partial charge in [0.2, 0.25) is 5.91 Å². The van der Waals surface area contributed by atoms with Gasteiger partial charge in [0.05, 0.1) is 0 Å². The minimum Gasteiger partial charge on any atom is -0.406 e. The second-order valence-electron chi connectivity index (χ2n) is 11.0. The molecule has 5 rings (SSSR count). The summed E-state index contributed by atoms with van der Waals surface area (Å²) in [7, 11) is 0. The number of hydrogen-bond acceptors (Lipinski definition) is 4. The number of carbonyl (C=O) groups excluding carboxylic acids is 1. The minimum atomic E-state index is -4.74. The molecule has 3 aromatic carbocycles. The first-order valence-corrected chi connectivity index (χ1v) is 15.5. The molecule has 11 heteroatoms. The molecule has 1 fully saturated rings. The van der Waals surface area contributed by atoms with Gasteiger partial charge in [-0.2, -0.15) is 0 Å². The zero-order valence-corrected chi connectivity index (χ0v) is 26.0. The summed E-state index contributed by atoms with van der Waals surface area (Å²) in [5, 5.41) is 5.30. The highest BCUT2D eigenvalue weighted by molar-refractivity contribution is 6.35. The first-order valence-electron chi connectivity index (χ1n) is 14.7. The van der Waals surface area contributed by atoms with Crippen LogP contribution in [0.15, 0.2) is 66.9 Å². The van der Waals surface area contributed by atoms with Crippen molar-refractivity contribution in [1.29, 1.82) is 0 Å². The summed E-state index contributed by atoms with van der Waals surface area (Å²) in [4.78, 5) is 16.4. The van der Waals surface area contributed by atoms with E-state index in [2.05, 4.69) is 42.6 Å². The number of halogens is 5. The fraction of sp³-hybridized carbons (Fsp3) is 0.364. The molecule has 0 radical (unpaired) electrons. The van der Waals surface area contributed by atoms with Crippen LogP contribution in [-0.2, 0) is 24.4 Å². The van der Waals surface area contributed by atoms with Gasteiger partial charge in [-0.15, -0.1) is 13.2 Å². The molecule has 0 unspecified atom stereocenters. The van der Waals surface area contributed by atoms with Crippen LogP contribution in [0.3, 0.4) is 0 Å². The van der Waals surface area contributed by atoms with Gasteiger partial charge in [-0.05, 0) is 53.9 Å². The zero-order valence-electron chi connectivity index (χ0n) is 24.5. The van der Waals surface area contributed by atoms with Gasteiger partial charge >= 0.3 is 6.36 Å². The second kappa shape index (κ2) is 14.2. The average Bonchev–Trinajstić information content (AvgIpc) is 3.35. The second-order valence-corrected chi connectivity index (χ2v) is 11.8. The van der Waals surface area contributed by atoms with Crippen LogP contribution in [0, 0.1) is 0 Å². The summed E-state index contributed by atoms with van der Waals surface area (Å²) >= 11 is 12.8. The number of alkyl halides is 3. The Labute approximate surface area is 265 Å². The highest BCUT2D eigenvalue weighted by atomic mass is 35.5. The standard InChI is InChI=1S/C33H35Cl2F3N4O2/c1-2-32(43)39-13-4-14-42-22-27(24-8-10-25(11-9-24)44-33(36,37)38)26-19-23(7-12-31(26)42)20-40-15-17-41(18-16-40)21-28-29(34)5-3-6-30(28)35/h3,5-12,19,22H,2,4,13-18,20-21H2,1H3,(H,39,43). The number of nitrogens with one attached hydrogen (secondary N) is 1. The summed E-state index contributed by atoms with van der Waals surface area (Å²) in [6.07, 6.45) is -1.52. The van der Waals surface area contributed by atoms with Crippen molar-refractivity contribution in [3.63, 3.8) is 0 Å². The topological polar surface area (TPSA) is 49.7 Å². The minimum absolute atomic E-state index is 0.0161. The van der Waals surface area contributed by atoms with Crippen LogP contribution in [0.2, 0.25) is 10.0 Å². The Hall–Kier alpha value is -3.24. The predicted octanol–water partition coefficient (Wildman–Crippen LogP) is 7.75. The fourth-order valence-corrected chi connectivity index (χ4v) is 6.08. The number of carbonyl (C=O) groups is 1. The lowest BCUT2D eigenvalue weighted by molar-refractivity contribution is -0.274. The van der Waals surface area contributed by atoms with Crippen molar-refractivity contribution >= 4 is 40.0 Å². The molecule has 0 aliphatic carbocycles. The number of piperazine rings is 1. The van der Waals surface area contributed by atoms with E-state index in [9.17, 15) is 18.0 Å². The third-order valence-corrected chi connectivity index (χ3v) is 8.59. The number of benzene rings is 3. The molecule has 2 heterocycles. The SMILES string of the molecule is CCC(=O)NCCCn1cc(-c2ccc(OC(F)(F)F)cc2)c2cc(CN3CCN(Cc4c(Cl)cccc4Cl)CC3)ccc21. The number of fused-ring (bicyclic) bond motifs is 1. The molecule has 0 spiro atoms. The Bertz CT molecular complexity index is 1560. The molecule has 234 valence electrons. The van der Waals surface area contributed by atoms with Crippen molar-refractivity contribution in [2.45, 2.75) is 45.8 Å². The van der Waals surface area contributed by atoms with E-state index in [1.807, 2.05) is 31.3 Å². The van der Waals surface area contributed by atoms with E-state index in [1.165, 1.54) is 12.1 Å². The van der Waals surface area contributed by atoms with Gasteiger partial charge in [-0.3, -0.25) is 14.6 Å². The quantitative estimate of drug-likeness (QED) is 0.169. The molecule has 4 aromatic rings. The van der Waals surface area contributed by atoms with Gasteiger partial charge in [0.1, 0.15) is 5.75 Å². The summed E-state index contributed by atoms with van der Waals surface area (Å²) < 4.78 is 44.4. The van der Waals surface area contributed by atoms with Gasteiger partial charge in [0.15, 0.2) is 0 Å². The molecular formula is C33H35Cl2F3N4O2. The molecule has 6 nitrogen and oxygen atoms in total. The highest BCUT2D eigenvalue weighted by Gasteiger charge is 2.31. The molecule has 44 heavy (non-hydrogen) atoms. The third-order valence-electron chi connectivity index (χ3n) is 7.88. The van der Waals surface area contributed by atoms with E-state index in [0.29, 0.717) is 36.1 Å². The number of ether oxygens (including phenoxy) is 1. The maximum atomic E-state index is 12.7. The Kier molecular flexibility index (Phi) is 10.4. The van der Waals surface area contributed by atoms with E-state index in [-0.39, 0.29) is 11.7 Å².